The van der Waals surface area contributed by atoms with Gasteiger partial charge in [-0.2, -0.15) is 0 Å². The third-order valence-corrected chi connectivity index (χ3v) is 4.34. The quantitative estimate of drug-likeness (QED) is 0.844. The highest BCUT2D eigenvalue weighted by atomic mass is 32.2. The number of piperidine rings is 1. The molecule has 2 N–H and O–H groups in total. The van der Waals surface area contributed by atoms with Gasteiger partial charge < -0.3 is 10.4 Å². The van der Waals surface area contributed by atoms with Gasteiger partial charge in [0, 0.05) is 4.90 Å². The Hall–Kier alpha value is -1.00. The molecule has 4 heteroatoms. The minimum absolute atomic E-state index is 0.646. The number of benzene rings is 1. The van der Waals surface area contributed by atoms with Crippen LogP contribution in [-0.2, 0) is 4.79 Å². The number of carbonyl (C=O) groups is 1. The number of hydrogen-bond donors (Lipinski definition) is 2. The van der Waals surface area contributed by atoms with Gasteiger partial charge in [-0.3, -0.25) is 4.79 Å². The molecule has 1 heterocycles. The molecule has 0 spiro atoms. The maximum Gasteiger partial charge on any atom is 0.320 e. The number of aliphatic carboxylic acids is 1. The molecule has 1 aromatic rings. The second-order valence-corrected chi connectivity index (χ2v) is 5.42. The van der Waals surface area contributed by atoms with Crippen LogP contribution >= 0.6 is 11.8 Å². The van der Waals surface area contributed by atoms with Crippen molar-refractivity contribution in [2.24, 2.45) is 0 Å². The van der Waals surface area contributed by atoms with Crippen LogP contribution in [0.1, 0.15) is 12.8 Å². The summed E-state index contributed by atoms with van der Waals surface area (Å²) >= 11 is 1.48. The normalized spacial score (nSPS) is 19.2. The van der Waals surface area contributed by atoms with Crippen LogP contribution in [0.15, 0.2) is 35.2 Å². The first-order valence-corrected chi connectivity index (χ1v) is 6.23. The van der Waals surface area contributed by atoms with Crippen molar-refractivity contribution in [1.82, 2.24) is 5.32 Å². The molecule has 0 aliphatic carbocycles. The van der Waals surface area contributed by atoms with E-state index in [1.54, 1.807) is 0 Å². The lowest BCUT2D eigenvalue weighted by Gasteiger charge is -2.32. The van der Waals surface area contributed by atoms with E-state index in [1.165, 1.54) is 11.8 Å². The van der Waals surface area contributed by atoms with Crippen LogP contribution in [-0.4, -0.2) is 28.9 Å². The molecule has 0 radical (unpaired) electrons. The van der Waals surface area contributed by atoms with Crippen LogP contribution in [0.25, 0.3) is 0 Å². The van der Waals surface area contributed by atoms with Crippen LogP contribution in [0.4, 0.5) is 0 Å². The van der Waals surface area contributed by atoms with Crippen LogP contribution in [0.5, 0.6) is 0 Å². The van der Waals surface area contributed by atoms with Crippen molar-refractivity contribution >= 4 is 17.7 Å². The van der Waals surface area contributed by atoms with E-state index in [1.807, 2.05) is 30.3 Å². The number of thioether (sulfide) groups is 1. The minimum atomic E-state index is -0.692. The summed E-state index contributed by atoms with van der Waals surface area (Å²) in [7, 11) is 0. The summed E-state index contributed by atoms with van der Waals surface area (Å²) in [4.78, 5) is 12.5. The van der Waals surface area contributed by atoms with Gasteiger partial charge in [0.2, 0.25) is 0 Å². The Labute approximate surface area is 99.2 Å². The van der Waals surface area contributed by atoms with E-state index < -0.39 is 10.7 Å². The Morgan fingerprint density at radius 2 is 1.88 bits per heavy atom. The molecule has 0 aromatic heterocycles. The van der Waals surface area contributed by atoms with E-state index in [2.05, 4.69) is 5.32 Å². The van der Waals surface area contributed by atoms with Gasteiger partial charge in [-0.15, -0.1) is 11.8 Å². The molecule has 0 unspecified atom stereocenters. The summed E-state index contributed by atoms with van der Waals surface area (Å²) in [5, 5.41) is 12.6. The van der Waals surface area contributed by atoms with Gasteiger partial charge in [-0.1, -0.05) is 18.2 Å². The minimum Gasteiger partial charge on any atom is -0.480 e. The summed E-state index contributed by atoms with van der Waals surface area (Å²) in [6.45, 7) is 1.57. The molecule has 1 saturated heterocycles. The maximum absolute atomic E-state index is 11.4. The van der Waals surface area contributed by atoms with E-state index >= 15 is 0 Å². The van der Waals surface area contributed by atoms with Crippen molar-refractivity contribution in [2.75, 3.05) is 13.1 Å². The molecule has 86 valence electrons. The first-order valence-electron chi connectivity index (χ1n) is 5.41. The van der Waals surface area contributed by atoms with Gasteiger partial charge in [0.1, 0.15) is 4.75 Å². The Kier molecular flexibility index (Phi) is 3.51. The predicted molar refractivity (Wildman–Crippen MR) is 64.8 cm³/mol. The van der Waals surface area contributed by atoms with Gasteiger partial charge in [-0.25, -0.2) is 0 Å². The van der Waals surface area contributed by atoms with E-state index in [0.717, 1.165) is 18.0 Å². The van der Waals surface area contributed by atoms with Crippen LogP contribution in [0.2, 0.25) is 0 Å². The van der Waals surface area contributed by atoms with Gasteiger partial charge in [-0.05, 0) is 38.1 Å². The number of carboxylic acids is 1. The van der Waals surface area contributed by atoms with E-state index in [9.17, 15) is 9.90 Å². The van der Waals surface area contributed by atoms with Gasteiger partial charge in [0.05, 0.1) is 0 Å². The largest absolute Gasteiger partial charge is 0.480 e. The first-order chi connectivity index (χ1) is 7.73. The third kappa shape index (κ3) is 2.39. The molecular formula is C12H15NO2S. The molecule has 2 rings (SSSR count). The zero-order valence-electron chi connectivity index (χ0n) is 8.98. The van der Waals surface area contributed by atoms with Gasteiger partial charge in [0.25, 0.3) is 0 Å². The van der Waals surface area contributed by atoms with Crippen molar-refractivity contribution in [3.63, 3.8) is 0 Å². The average Bonchev–Trinajstić information content (AvgIpc) is 2.31. The molecule has 1 aliphatic rings. The van der Waals surface area contributed by atoms with Crippen molar-refractivity contribution in [2.45, 2.75) is 22.5 Å². The highest BCUT2D eigenvalue weighted by molar-refractivity contribution is 8.01. The van der Waals surface area contributed by atoms with E-state index in [4.69, 9.17) is 0 Å². The predicted octanol–water partition coefficient (Wildman–Crippen LogP) is 1.99. The Morgan fingerprint density at radius 3 is 2.44 bits per heavy atom. The Morgan fingerprint density at radius 1 is 1.25 bits per heavy atom. The Bertz CT molecular complexity index is 361. The number of nitrogens with one attached hydrogen (secondary N) is 1. The van der Waals surface area contributed by atoms with Gasteiger partial charge in [0.15, 0.2) is 0 Å². The molecule has 0 bridgehead atoms. The number of hydrogen-bond acceptors (Lipinski definition) is 3. The summed E-state index contributed by atoms with van der Waals surface area (Å²) in [5.41, 5.74) is 0. The van der Waals surface area contributed by atoms with Gasteiger partial charge >= 0.3 is 5.97 Å². The third-order valence-electron chi connectivity index (χ3n) is 2.86. The fraction of sp³-hybridized carbons (Fsp3) is 0.417. The lowest BCUT2D eigenvalue weighted by molar-refractivity contribution is -0.140. The van der Waals surface area contributed by atoms with E-state index in [-0.39, 0.29) is 0 Å². The SMILES string of the molecule is O=C(O)C1(Sc2ccccc2)CCNCC1. The summed E-state index contributed by atoms with van der Waals surface area (Å²) in [6.07, 6.45) is 1.36. The molecule has 1 fully saturated rings. The second-order valence-electron chi connectivity index (χ2n) is 3.96. The first kappa shape index (κ1) is 11.5. The fourth-order valence-electron chi connectivity index (χ4n) is 1.90. The van der Waals surface area contributed by atoms with Crippen molar-refractivity contribution in [1.29, 1.82) is 0 Å². The zero-order chi connectivity index (χ0) is 11.4. The molecular weight excluding hydrogens is 222 g/mol. The highest BCUT2D eigenvalue weighted by Gasteiger charge is 2.40. The summed E-state index contributed by atoms with van der Waals surface area (Å²) in [5.74, 6) is -0.692. The van der Waals surface area contributed by atoms with Crippen LogP contribution in [0.3, 0.4) is 0 Å². The molecule has 3 nitrogen and oxygen atoms in total. The lowest BCUT2D eigenvalue weighted by Crippen LogP contribution is -2.45. The number of rotatable bonds is 3. The maximum atomic E-state index is 11.4. The fourth-order valence-corrected chi connectivity index (χ4v) is 3.14. The summed E-state index contributed by atoms with van der Waals surface area (Å²) in [6, 6.07) is 9.77. The van der Waals surface area contributed by atoms with Crippen LogP contribution < -0.4 is 5.32 Å². The second kappa shape index (κ2) is 4.89. The van der Waals surface area contributed by atoms with Crippen molar-refractivity contribution in [3.8, 4) is 0 Å². The van der Waals surface area contributed by atoms with Crippen molar-refractivity contribution in [3.05, 3.63) is 30.3 Å². The lowest BCUT2D eigenvalue weighted by atomic mass is 9.97. The van der Waals surface area contributed by atoms with Crippen molar-refractivity contribution < 1.29 is 9.90 Å². The zero-order valence-corrected chi connectivity index (χ0v) is 9.80. The van der Waals surface area contributed by atoms with Crippen LogP contribution in [0, 0.1) is 0 Å². The monoisotopic (exact) mass is 237 g/mol. The Balaban J connectivity index is 2.17. The number of carboxylic acid groups (broad SMARTS) is 1. The molecule has 1 aromatic carbocycles. The van der Waals surface area contributed by atoms with E-state index in [0.29, 0.717) is 12.8 Å². The average molecular weight is 237 g/mol. The standard InChI is InChI=1S/C12H15NO2S/c14-11(15)12(6-8-13-9-7-12)16-10-4-2-1-3-5-10/h1-5,13H,6-9H2,(H,14,15). The topological polar surface area (TPSA) is 49.3 Å². The molecule has 1 aliphatic heterocycles. The summed E-state index contributed by atoms with van der Waals surface area (Å²) < 4.78 is -0.646. The molecule has 0 atom stereocenters. The molecule has 0 saturated carbocycles. The smallest absolute Gasteiger partial charge is 0.320 e. The molecule has 0 amide bonds. The highest BCUT2D eigenvalue weighted by Crippen LogP contribution is 2.39. The molecule has 16 heavy (non-hydrogen) atoms.